The van der Waals surface area contributed by atoms with Crippen LogP contribution in [-0.4, -0.2) is 16.3 Å². The lowest BCUT2D eigenvalue weighted by molar-refractivity contribution is -0.113. The van der Waals surface area contributed by atoms with Gasteiger partial charge in [-0.25, -0.2) is 0 Å². The minimum Gasteiger partial charge on any atom is -0.490 e. The van der Waals surface area contributed by atoms with E-state index in [0.29, 0.717) is 19.9 Å². The Kier molecular flexibility index (Phi) is 6.69. The molecule has 27 heavy (non-hydrogen) atoms. The van der Waals surface area contributed by atoms with Crippen molar-refractivity contribution < 1.29 is 9.53 Å². The number of ether oxygens (including phenoxy) is 1. The molecule has 3 nitrogen and oxygen atoms in total. The number of halogens is 3. The lowest BCUT2D eigenvalue weighted by atomic mass is 10.2. The molecule has 0 aliphatic carbocycles. The van der Waals surface area contributed by atoms with Crippen LogP contribution in [0.4, 0.5) is 5.69 Å². The third-order valence-corrected chi connectivity index (χ3v) is 6.73. The van der Waals surface area contributed by atoms with Crippen molar-refractivity contribution in [2.75, 3.05) is 4.90 Å². The topological polar surface area (TPSA) is 29.5 Å². The lowest BCUT2D eigenvalue weighted by Crippen LogP contribution is -2.27. The van der Waals surface area contributed by atoms with Gasteiger partial charge in [-0.1, -0.05) is 41.6 Å². The molecule has 1 amide bonds. The molecule has 0 saturated carbocycles. The number of amides is 1. The van der Waals surface area contributed by atoms with Gasteiger partial charge < -0.3 is 4.74 Å². The summed E-state index contributed by atoms with van der Waals surface area (Å²) in [6.07, 6.45) is 1.91. The minimum atomic E-state index is -0.165. The normalized spacial score (nSPS) is 15.9. The molecule has 1 fully saturated rings. The second kappa shape index (κ2) is 8.66. The molecule has 0 unspecified atom stereocenters. The quantitative estimate of drug-likeness (QED) is 0.303. The number of nitrogens with zero attached hydrogens (tertiary/aromatic N) is 1. The number of rotatable bonds is 4. The summed E-state index contributed by atoms with van der Waals surface area (Å²) >= 11 is 19.7. The van der Waals surface area contributed by atoms with Crippen molar-refractivity contribution in [3.8, 4) is 5.75 Å². The van der Waals surface area contributed by atoms with Crippen LogP contribution in [0.3, 0.4) is 0 Å². The predicted octanol–water partition coefficient (Wildman–Crippen LogP) is 7.06. The maximum Gasteiger partial charge on any atom is 0.270 e. The molecule has 1 aliphatic rings. The van der Waals surface area contributed by atoms with Gasteiger partial charge in [-0.3, -0.25) is 9.69 Å². The molecule has 0 N–H and O–H groups in total. The Hall–Kier alpha value is -0.860. The first-order chi connectivity index (χ1) is 12.8. The van der Waals surface area contributed by atoms with Gasteiger partial charge in [0, 0.05) is 4.47 Å². The number of benzene rings is 2. The standard InChI is InChI=1S/C19H14Br2ClNO2S2/c1-10(2)25-16-6-3-11(7-14(16)21)8-17-18(24)23(19(26)27-17)12-4-5-13(20)15(22)9-12/h3-10H,1-2H3/b17-8-. The SMILES string of the molecule is CC(C)Oc1ccc(/C=C2\SC(=S)N(c3ccc(Br)c(Cl)c3)C2=O)cc1Br. The van der Waals surface area contributed by atoms with Crippen LogP contribution in [0.25, 0.3) is 6.08 Å². The van der Waals surface area contributed by atoms with Gasteiger partial charge in [-0.15, -0.1) is 0 Å². The summed E-state index contributed by atoms with van der Waals surface area (Å²) in [5.74, 6) is 0.598. The van der Waals surface area contributed by atoms with Crippen molar-refractivity contribution in [1.29, 1.82) is 0 Å². The van der Waals surface area contributed by atoms with Gasteiger partial charge in [0.1, 0.15) is 5.75 Å². The van der Waals surface area contributed by atoms with Crippen LogP contribution in [-0.2, 0) is 4.79 Å². The van der Waals surface area contributed by atoms with E-state index in [-0.39, 0.29) is 12.0 Å². The fourth-order valence-corrected chi connectivity index (χ4v) is 4.63. The summed E-state index contributed by atoms with van der Waals surface area (Å²) in [6, 6.07) is 11.0. The Morgan fingerprint density at radius 2 is 1.93 bits per heavy atom. The van der Waals surface area contributed by atoms with E-state index in [9.17, 15) is 4.79 Å². The highest BCUT2D eigenvalue weighted by molar-refractivity contribution is 9.10. The van der Waals surface area contributed by atoms with E-state index in [2.05, 4.69) is 31.9 Å². The van der Waals surface area contributed by atoms with Crippen molar-refractivity contribution in [2.45, 2.75) is 20.0 Å². The molecule has 0 radical (unpaired) electrons. The van der Waals surface area contributed by atoms with Crippen LogP contribution >= 0.6 is 67.4 Å². The van der Waals surface area contributed by atoms with Crippen molar-refractivity contribution >= 4 is 89.4 Å². The third-order valence-electron chi connectivity index (χ3n) is 3.57. The number of hydrogen-bond donors (Lipinski definition) is 0. The van der Waals surface area contributed by atoms with Crippen LogP contribution in [0.2, 0.25) is 5.02 Å². The van der Waals surface area contributed by atoms with Gasteiger partial charge in [0.15, 0.2) is 4.32 Å². The van der Waals surface area contributed by atoms with Gasteiger partial charge in [0.05, 0.1) is 26.2 Å². The highest BCUT2D eigenvalue weighted by Crippen LogP contribution is 2.38. The van der Waals surface area contributed by atoms with Gasteiger partial charge in [-0.2, -0.15) is 0 Å². The average Bonchev–Trinajstić information content (AvgIpc) is 2.86. The Bertz CT molecular complexity index is 963. The number of carbonyl (C=O) groups is 1. The van der Waals surface area contributed by atoms with E-state index >= 15 is 0 Å². The van der Waals surface area contributed by atoms with Gasteiger partial charge >= 0.3 is 0 Å². The molecule has 1 heterocycles. The smallest absolute Gasteiger partial charge is 0.270 e. The summed E-state index contributed by atoms with van der Waals surface area (Å²) in [6.45, 7) is 3.94. The number of hydrogen-bond acceptors (Lipinski definition) is 4. The summed E-state index contributed by atoms with van der Waals surface area (Å²) in [7, 11) is 0. The molecule has 1 aliphatic heterocycles. The molecular formula is C19H14Br2ClNO2S2. The van der Waals surface area contributed by atoms with Crippen LogP contribution in [0.5, 0.6) is 5.75 Å². The predicted molar refractivity (Wildman–Crippen MR) is 125 cm³/mol. The zero-order valence-corrected chi connectivity index (χ0v) is 19.9. The highest BCUT2D eigenvalue weighted by atomic mass is 79.9. The van der Waals surface area contributed by atoms with Crippen molar-refractivity contribution in [3.63, 3.8) is 0 Å². The largest absolute Gasteiger partial charge is 0.490 e. The summed E-state index contributed by atoms with van der Waals surface area (Å²) in [5, 5.41) is 0.523. The minimum absolute atomic E-state index is 0.0844. The Morgan fingerprint density at radius 1 is 1.19 bits per heavy atom. The molecule has 1 saturated heterocycles. The Balaban J connectivity index is 1.88. The van der Waals surface area contributed by atoms with Crippen LogP contribution in [0.15, 0.2) is 50.2 Å². The van der Waals surface area contributed by atoms with E-state index in [1.165, 1.54) is 16.7 Å². The molecule has 0 aromatic heterocycles. The average molecular weight is 548 g/mol. The van der Waals surface area contributed by atoms with E-state index in [4.69, 9.17) is 28.6 Å². The maximum atomic E-state index is 12.9. The molecular weight excluding hydrogens is 534 g/mol. The summed E-state index contributed by atoms with van der Waals surface area (Å²) in [4.78, 5) is 14.9. The monoisotopic (exact) mass is 545 g/mol. The van der Waals surface area contributed by atoms with Gasteiger partial charge in [0.2, 0.25) is 0 Å². The maximum absolute atomic E-state index is 12.9. The van der Waals surface area contributed by atoms with Crippen LogP contribution in [0, 0.1) is 0 Å². The number of thiocarbonyl (C=S) groups is 1. The summed E-state index contributed by atoms with van der Waals surface area (Å²) < 4.78 is 7.79. The molecule has 0 atom stereocenters. The second-order valence-electron chi connectivity index (χ2n) is 5.97. The van der Waals surface area contributed by atoms with Crippen molar-refractivity contribution in [1.82, 2.24) is 0 Å². The second-order valence-corrected chi connectivity index (χ2v) is 9.76. The van der Waals surface area contributed by atoms with E-state index < -0.39 is 0 Å². The van der Waals surface area contributed by atoms with Crippen molar-refractivity contribution in [2.24, 2.45) is 0 Å². The molecule has 2 aromatic rings. The van der Waals surface area contributed by atoms with Gasteiger partial charge in [0.25, 0.3) is 5.91 Å². The number of carbonyl (C=O) groups excluding carboxylic acids is 1. The molecule has 2 aromatic carbocycles. The van der Waals surface area contributed by atoms with E-state index in [1.54, 1.807) is 18.2 Å². The van der Waals surface area contributed by atoms with Crippen LogP contribution in [0.1, 0.15) is 19.4 Å². The zero-order valence-electron chi connectivity index (χ0n) is 14.3. The zero-order chi connectivity index (χ0) is 19.7. The molecule has 0 spiro atoms. The summed E-state index contributed by atoms with van der Waals surface area (Å²) in [5.41, 5.74) is 1.53. The van der Waals surface area contributed by atoms with Gasteiger partial charge in [-0.05, 0) is 87.7 Å². The third kappa shape index (κ3) is 4.77. The van der Waals surface area contributed by atoms with Crippen LogP contribution < -0.4 is 9.64 Å². The first-order valence-corrected chi connectivity index (χ1v) is 11.1. The van der Waals surface area contributed by atoms with E-state index in [0.717, 1.165) is 20.3 Å². The molecule has 0 bridgehead atoms. The lowest BCUT2D eigenvalue weighted by Gasteiger charge is -2.15. The Labute approximate surface area is 189 Å². The molecule has 8 heteroatoms. The molecule has 3 rings (SSSR count). The first kappa shape index (κ1) is 20.9. The van der Waals surface area contributed by atoms with E-state index in [1.807, 2.05) is 38.1 Å². The molecule has 140 valence electrons. The number of thioether (sulfide) groups is 1. The first-order valence-electron chi connectivity index (χ1n) is 7.95. The fourth-order valence-electron chi connectivity index (χ4n) is 2.42. The van der Waals surface area contributed by atoms with Crippen molar-refractivity contribution in [3.05, 3.63) is 60.8 Å². The Morgan fingerprint density at radius 3 is 2.56 bits per heavy atom. The number of anilines is 1. The fraction of sp³-hybridized carbons (Fsp3) is 0.158. The highest BCUT2D eigenvalue weighted by Gasteiger charge is 2.33.